The summed E-state index contributed by atoms with van der Waals surface area (Å²) in [6, 6.07) is 20.3. The van der Waals surface area contributed by atoms with Gasteiger partial charge in [-0.15, -0.1) is 0 Å². The highest BCUT2D eigenvalue weighted by Crippen LogP contribution is 2.30. The predicted molar refractivity (Wildman–Crippen MR) is 121 cm³/mol. The fourth-order valence-corrected chi connectivity index (χ4v) is 3.42. The first-order chi connectivity index (χ1) is 16.2. The molecule has 0 spiro atoms. The van der Waals surface area contributed by atoms with Crippen LogP contribution in [0.15, 0.2) is 88.2 Å². The van der Waals surface area contributed by atoms with Crippen molar-refractivity contribution < 1.29 is 23.2 Å². The normalized spacial score (nSPS) is 10.8. The maximum atomic E-state index is 13.2. The third-order valence-electron chi connectivity index (χ3n) is 5.05. The molecule has 0 atom stereocenters. The van der Waals surface area contributed by atoms with E-state index in [0.29, 0.717) is 34.1 Å². The number of aromatic nitrogens is 2. The van der Waals surface area contributed by atoms with Crippen LogP contribution in [0.5, 0.6) is 11.5 Å². The van der Waals surface area contributed by atoms with Crippen molar-refractivity contribution >= 4 is 22.4 Å². The summed E-state index contributed by atoms with van der Waals surface area (Å²) in [6.45, 7) is -0.00186. The lowest BCUT2D eigenvalue weighted by Gasteiger charge is -2.14. The standard InChI is InChI=1S/C25H19N3O5/c1-30-21-9-5-4-8-20(21)26-25(29)19-12-16-6-2-3-7-17(16)13-22(19)32-15-23-27-24(28-33-23)18-10-11-31-14-18/h2-14H,15H2,1H3,(H,26,29). The van der Waals surface area contributed by atoms with Crippen LogP contribution in [0.1, 0.15) is 16.2 Å². The van der Waals surface area contributed by atoms with Crippen molar-refractivity contribution in [3.8, 4) is 22.9 Å². The van der Waals surface area contributed by atoms with Gasteiger partial charge in [0.1, 0.15) is 17.8 Å². The number of nitrogens with one attached hydrogen (secondary N) is 1. The van der Waals surface area contributed by atoms with Crippen molar-refractivity contribution in [1.29, 1.82) is 0 Å². The molecule has 0 aliphatic heterocycles. The third-order valence-corrected chi connectivity index (χ3v) is 5.05. The highest BCUT2D eigenvalue weighted by molar-refractivity contribution is 6.09. The number of furan rings is 1. The zero-order valence-corrected chi connectivity index (χ0v) is 17.6. The summed E-state index contributed by atoms with van der Waals surface area (Å²) in [7, 11) is 1.55. The molecule has 0 aliphatic rings. The van der Waals surface area contributed by atoms with Gasteiger partial charge in [-0.25, -0.2) is 0 Å². The summed E-state index contributed by atoms with van der Waals surface area (Å²) in [6.07, 6.45) is 3.06. The Morgan fingerprint density at radius 1 is 1.00 bits per heavy atom. The zero-order valence-electron chi connectivity index (χ0n) is 17.6. The molecular formula is C25H19N3O5. The van der Waals surface area contributed by atoms with Gasteiger partial charge in [0.05, 0.1) is 30.2 Å². The highest BCUT2D eigenvalue weighted by atomic mass is 16.5. The van der Waals surface area contributed by atoms with Gasteiger partial charge in [-0.3, -0.25) is 4.79 Å². The first kappa shape index (κ1) is 20.3. The molecule has 0 radical (unpaired) electrons. The molecule has 0 saturated heterocycles. The Bertz CT molecular complexity index is 1410. The van der Waals surface area contributed by atoms with Gasteiger partial charge in [0.25, 0.3) is 11.8 Å². The summed E-state index contributed by atoms with van der Waals surface area (Å²) in [5.41, 5.74) is 1.63. The fraction of sp³-hybridized carbons (Fsp3) is 0.0800. The van der Waals surface area contributed by atoms with E-state index in [-0.39, 0.29) is 18.4 Å². The topological polar surface area (TPSA) is 99.6 Å². The Morgan fingerprint density at radius 2 is 1.79 bits per heavy atom. The van der Waals surface area contributed by atoms with Crippen molar-refractivity contribution in [2.45, 2.75) is 6.61 Å². The molecule has 2 aromatic heterocycles. The molecule has 2 heterocycles. The number of carbonyl (C=O) groups excluding carboxylic acids is 1. The van der Waals surface area contributed by atoms with Crippen molar-refractivity contribution in [2.24, 2.45) is 0 Å². The second-order valence-electron chi connectivity index (χ2n) is 7.16. The maximum absolute atomic E-state index is 13.2. The van der Waals surface area contributed by atoms with Gasteiger partial charge in [-0.05, 0) is 41.1 Å². The van der Waals surface area contributed by atoms with Gasteiger partial charge in [0.15, 0.2) is 6.61 Å². The monoisotopic (exact) mass is 441 g/mol. The maximum Gasteiger partial charge on any atom is 0.264 e. The number of methoxy groups -OCH3 is 1. The Balaban J connectivity index is 1.43. The molecule has 0 bridgehead atoms. The van der Waals surface area contributed by atoms with E-state index in [0.717, 1.165) is 10.8 Å². The Kier molecular flexibility index (Phi) is 5.47. The minimum absolute atomic E-state index is 0.00186. The van der Waals surface area contributed by atoms with Crippen molar-refractivity contribution in [2.75, 3.05) is 12.4 Å². The van der Waals surface area contributed by atoms with Gasteiger partial charge in [0.2, 0.25) is 5.82 Å². The minimum Gasteiger partial charge on any atom is -0.495 e. The summed E-state index contributed by atoms with van der Waals surface area (Å²) >= 11 is 0. The van der Waals surface area contributed by atoms with Gasteiger partial charge in [-0.1, -0.05) is 41.6 Å². The first-order valence-corrected chi connectivity index (χ1v) is 10.2. The molecule has 1 amide bonds. The number of rotatable bonds is 7. The number of hydrogen-bond donors (Lipinski definition) is 1. The summed E-state index contributed by atoms with van der Waals surface area (Å²) in [4.78, 5) is 17.5. The number of benzene rings is 3. The summed E-state index contributed by atoms with van der Waals surface area (Å²) < 4.78 is 21.6. The molecule has 5 aromatic rings. The van der Waals surface area contributed by atoms with Crippen LogP contribution < -0.4 is 14.8 Å². The number of para-hydroxylation sites is 2. The van der Waals surface area contributed by atoms with Crippen LogP contribution in [-0.4, -0.2) is 23.2 Å². The lowest BCUT2D eigenvalue weighted by atomic mass is 10.1. The smallest absolute Gasteiger partial charge is 0.264 e. The van der Waals surface area contributed by atoms with Crippen LogP contribution in [0.3, 0.4) is 0 Å². The molecule has 33 heavy (non-hydrogen) atoms. The molecule has 1 N–H and O–H groups in total. The molecule has 0 fully saturated rings. The number of anilines is 1. The highest BCUT2D eigenvalue weighted by Gasteiger charge is 2.18. The van der Waals surface area contributed by atoms with E-state index in [1.807, 2.05) is 42.5 Å². The fourth-order valence-electron chi connectivity index (χ4n) is 3.42. The number of fused-ring (bicyclic) bond motifs is 1. The number of nitrogens with zero attached hydrogens (tertiary/aromatic N) is 2. The van der Waals surface area contributed by atoms with Gasteiger partial charge >= 0.3 is 0 Å². The molecule has 8 nitrogen and oxygen atoms in total. The molecule has 8 heteroatoms. The zero-order chi connectivity index (χ0) is 22.6. The lowest BCUT2D eigenvalue weighted by Crippen LogP contribution is -2.14. The van der Waals surface area contributed by atoms with E-state index in [1.165, 1.54) is 12.5 Å². The van der Waals surface area contributed by atoms with Crippen molar-refractivity contribution in [1.82, 2.24) is 10.1 Å². The van der Waals surface area contributed by atoms with Crippen LogP contribution in [0.4, 0.5) is 5.69 Å². The number of amides is 1. The second-order valence-corrected chi connectivity index (χ2v) is 7.16. The molecule has 5 rings (SSSR count). The number of hydrogen-bond acceptors (Lipinski definition) is 7. The van der Waals surface area contributed by atoms with E-state index < -0.39 is 0 Å². The van der Waals surface area contributed by atoms with E-state index in [4.69, 9.17) is 18.4 Å². The SMILES string of the molecule is COc1ccccc1NC(=O)c1cc2ccccc2cc1OCc1nc(-c2ccoc2)no1. The quantitative estimate of drug-likeness (QED) is 0.365. The second kappa shape index (κ2) is 8.88. The van der Waals surface area contributed by atoms with Crippen LogP contribution >= 0.6 is 0 Å². The van der Waals surface area contributed by atoms with Crippen LogP contribution in [0.2, 0.25) is 0 Å². The molecule has 164 valence electrons. The van der Waals surface area contributed by atoms with Crippen LogP contribution in [0.25, 0.3) is 22.2 Å². The average Bonchev–Trinajstić information content (AvgIpc) is 3.54. The predicted octanol–water partition coefficient (Wildman–Crippen LogP) is 5.32. The van der Waals surface area contributed by atoms with Gasteiger partial charge in [-0.2, -0.15) is 4.98 Å². The lowest BCUT2D eigenvalue weighted by molar-refractivity contribution is 0.102. The van der Waals surface area contributed by atoms with E-state index >= 15 is 0 Å². The van der Waals surface area contributed by atoms with Crippen LogP contribution in [-0.2, 0) is 6.61 Å². The van der Waals surface area contributed by atoms with E-state index in [1.54, 1.807) is 31.4 Å². The van der Waals surface area contributed by atoms with Crippen LogP contribution in [0, 0.1) is 0 Å². The molecule has 3 aromatic carbocycles. The largest absolute Gasteiger partial charge is 0.495 e. The Morgan fingerprint density at radius 3 is 2.58 bits per heavy atom. The minimum atomic E-state index is -0.329. The average molecular weight is 441 g/mol. The third kappa shape index (κ3) is 4.27. The number of carbonyl (C=O) groups is 1. The van der Waals surface area contributed by atoms with E-state index in [9.17, 15) is 4.79 Å². The van der Waals surface area contributed by atoms with Gasteiger partial charge < -0.3 is 23.7 Å². The van der Waals surface area contributed by atoms with Crippen molar-refractivity contribution in [3.63, 3.8) is 0 Å². The Labute approximate surface area is 188 Å². The molecule has 0 unspecified atom stereocenters. The summed E-state index contributed by atoms with van der Waals surface area (Å²) in [5, 5.41) is 8.68. The van der Waals surface area contributed by atoms with E-state index in [2.05, 4.69) is 15.5 Å². The van der Waals surface area contributed by atoms with Gasteiger partial charge in [0, 0.05) is 0 Å². The van der Waals surface area contributed by atoms with Crippen molar-refractivity contribution in [3.05, 3.63) is 90.7 Å². The molecular weight excluding hydrogens is 422 g/mol. The first-order valence-electron chi connectivity index (χ1n) is 10.2. The molecule has 0 saturated carbocycles. The number of ether oxygens (including phenoxy) is 2. The molecule has 0 aliphatic carbocycles. The summed E-state index contributed by atoms with van der Waals surface area (Å²) in [5.74, 6) is 1.30. The Hall–Kier alpha value is -4.59.